The Morgan fingerprint density at radius 3 is 1.66 bits per heavy atom. The highest BCUT2D eigenvalue weighted by atomic mass is 15.4. The number of nitrogens with one attached hydrogen (secondary N) is 2. The molecule has 4 heteroatoms. The molecule has 4 aromatic rings. The smallest absolute Gasteiger partial charge is 0.0713 e. The van der Waals surface area contributed by atoms with E-state index in [9.17, 15) is 0 Å². The molecule has 4 N–H and O–H groups in total. The van der Waals surface area contributed by atoms with Crippen molar-refractivity contribution < 1.29 is 0 Å². The second-order valence-electron chi connectivity index (χ2n) is 7.26. The van der Waals surface area contributed by atoms with Crippen LogP contribution in [0.5, 0.6) is 0 Å². The van der Waals surface area contributed by atoms with Crippen LogP contribution in [-0.2, 0) is 5.41 Å². The number of nitrogens with two attached hydrogens (primary N) is 1. The van der Waals surface area contributed by atoms with Crippen molar-refractivity contribution in [2.24, 2.45) is 5.22 Å². The molecule has 0 amide bonds. The van der Waals surface area contributed by atoms with Gasteiger partial charge in [-0.3, -0.25) is 5.43 Å². The van der Waals surface area contributed by atoms with Gasteiger partial charge in [-0.25, -0.2) is 0 Å². The minimum Gasteiger partial charge on any atom is -0.399 e. The van der Waals surface area contributed by atoms with Gasteiger partial charge in [-0.2, -0.15) is 5.53 Å². The summed E-state index contributed by atoms with van der Waals surface area (Å²) < 4.78 is 0. The van der Waals surface area contributed by atoms with Crippen LogP contribution in [-0.4, -0.2) is 0 Å². The number of rotatable bonds is 4. The van der Waals surface area contributed by atoms with Gasteiger partial charge >= 0.3 is 0 Å². The molecule has 0 atom stereocenters. The average Bonchev–Trinajstić information content (AvgIpc) is 3.07. The van der Waals surface area contributed by atoms with Gasteiger partial charge in [-0.1, -0.05) is 78.0 Å². The third-order valence-corrected chi connectivity index (χ3v) is 5.80. The van der Waals surface area contributed by atoms with Crippen molar-refractivity contribution in [1.82, 2.24) is 0 Å². The second kappa shape index (κ2) is 6.60. The van der Waals surface area contributed by atoms with Gasteiger partial charge in [0.25, 0.3) is 0 Å². The summed E-state index contributed by atoms with van der Waals surface area (Å²) in [5.41, 5.74) is 24.2. The number of hydrogen-bond donors (Lipinski definition) is 3. The Kier molecular flexibility index (Phi) is 3.91. The lowest BCUT2D eigenvalue weighted by Gasteiger charge is -2.34. The zero-order valence-electron chi connectivity index (χ0n) is 15.8. The van der Waals surface area contributed by atoms with E-state index in [1.165, 1.54) is 27.8 Å². The number of fused-ring (bicyclic) bond motifs is 3. The third-order valence-electron chi connectivity index (χ3n) is 5.80. The highest BCUT2D eigenvalue weighted by molar-refractivity contribution is 5.86. The average molecular weight is 376 g/mol. The molecule has 0 heterocycles. The van der Waals surface area contributed by atoms with Crippen LogP contribution in [0.1, 0.15) is 22.3 Å². The molecular weight excluding hydrogens is 356 g/mol. The third kappa shape index (κ3) is 2.46. The first-order chi connectivity index (χ1) is 14.2. The molecule has 29 heavy (non-hydrogen) atoms. The SMILES string of the molecule is N=NNc1ccc(C2(c3ccc(N)cc3)c3ccccc3-c3ccccc32)cc1. The molecule has 4 aromatic carbocycles. The van der Waals surface area contributed by atoms with E-state index in [1.54, 1.807) is 0 Å². The van der Waals surface area contributed by atoms with Gasteiger partial charge in [0, 0.05) is 5.69 Å². The van der Waals surface area contributed by atoms with Crippen molar-refractivity contribution in [2.45, 2.75) is 5.41 Å². The van der Waals surface area contributed by atoms with Crippen molar-refractivity contribution in [3.8, 4) is 11.1 Å². The minimum absolute atomic E-state index is 0.433. The fourth-order valence-corrected chi connectivity index (χ4v) is 4.62. The highest BCUT2D eigenvalue weighted by Crippen LogP contribution is 2.55. The van der Waals surface area contributed by atoms with E-state index in [0.29, 0.717) is 0 Å². The molecule has 0 fully saturated rings. The molecule has 140 valence electrons. The lowest BCUT2D eigenvalue weighted by atomic mass is 9.67. The molecule has 0 saturated heterocycles. The first-order valence-electron chi connectivity index (χ1n) is 9.53. The maximum Gasteiger partial charge on any atom is 0.0713 e. The van der Waals surface area contributed by atoms with Gasteiger partial charge < -0.3 is 5.73 Å². The summed E-state index contributed by atoms with van der Waals surface area (Å²) >= 11 is 0. The molecular formula is C25H20N4. The molecule has 0 aliphatic heterocycles. The molecule has 1 aliphatic rings. The zero-order valence-corrected chi connectivity index (χ0v) is 15.8. The summed E-state index contributed by atoms with van der Waals surface area (Å²) in [5, 5.41) is 3.28. The largest absolute Gasteiger partial charge is 0.399 e. The van der Waals surface area contributed by atoms with Crippen LogP contribution in [0.2, 0.25) is 0 Å². The van der Waals surface area contributed by atoms with Gasteiger partial charge in [0.1, 0.15) is 0 Å². The maximum atomic E-state index is 7.05. The molecule has 0 spiro atoms. The van der Waals surface area contributed by atoms with E-state index in [0.717, 1.165) is 16.9 Å². The summed E-state index contributed by atoms with van der Waals surface area (Å²) in [6.07, 6.45) is 0. The highest BCUT2D eigenvalue weighted by Gasteiger charge is 2.45. The number of hydrogen-bond acceptors (Lipinski definition) is 3. The Balaban J connectivity index is 1.87. The minimum atomic E-state index is -0.433. The lowest BCUT2D eigenvalue weighted by molar-refractivity contribution is 0.768. The topological polar surface area (TPSA) is 74.3 Å². The Morgan fingerprint density at radius 1 is 0.655 bits per heavy atom. The van der Waals surface area contributed by atoms with Gasteiger partial charge in [0.05, 0.1) is 11.1 Å². The van der Waals surface area contributed by atoms with Gasteiger partial charge in [0.15, 0.2) is 0 Å². The monoisotopic (exact) mass is 376 g/mol. The summed E-state index contributed by atoms with van der Waals surface area (Å²) in [4.78, 5) is 0. The lowest BCUT2D eigenvalue weighted by Crippen LogP contribution is -2.28. The molecule has 0 radical (unpaired) electrons. The predicted octanol–water partition coefficient (Wildman–Crippen LogP) is 5.99. The fraction of sp³-hybridized carbons (Fsp3) is 0.0400. The Labute approximate surface area is 169 Å². The zero-order chi connectivity index (χ0) is 19.8. The van der Waals surface area contributed by atoms with Crippen molar-refractivity contribution in [2.75, 3.05) is 11.2 Å². The van der Waals surface area contributed by atoms with E-state index >= 15 is 0 Å². The Bertz CT molecular complexity index is 1150. The van der Waals surface area contributed by atoms with Crippen LogP contribution in [0.3, 0.4) is 0 Å². The van der Waals surface area contributed by atoms with Gasteiger partial charge in [-0.15, -0.1) is 0 Å². The molecule has 1 aliphatic carbocycles. The summed E-state index contributed by atoms with van der Waals surface area (Å²) in [6, 6.07) is 33.6. The number of nitrogen functional groups attached to an aromatic ring is 1. The van der Waals surface area contributed by atoms with Crippen molar-refractivity contribution >= 4 is 11.4 Å². The molecule has 5 rings (SSSR count). The van der Waals surface area contributed by atoms with E-state index in [4.69, 9.17) is 11.3 Å². The van der Waals surface area contributed by atoms with Crippen molar-refractivity contribution in [3.05, 3.63) is 119 Å². The van der Waals surface area contributed by atoms with E-state index in [2.05, 4.69) is 83.4 Å². The quantitative estimate of drug-likeness (QED) is 0.205. The van der Waals surface area contributed by atoms with Gasteiger partial charge in [-0.05, 0) is 57.6 Å². The number of anilines is 2. The van der Waals surface area contributed by atoms with Crippen LogP contribution < -0.4 is 11.2 Å². The molecule has 0 aromatic heterocycles. The predicted molar refractivity (Wildman–Crippen MR) is 117 cm³/mol. The standard InChI is InChI=1S/C25H20N4/c26-19-13-9-17(10-14-19)25(18-11-15-20(16-12-18)28-29-27)23-7-3-1-5-21(23)22-6-2-4-8-24(22)25/h1-16H,26H2,(H2,27,28). The van der Waals surface area contributed by atoms with Crippen LogP contribution in [0.4, 0.5) is 11.4 Å². The summed E-state index contributed by atoms with van der Waals surface area (Å²) in [5.74, 6) is 0. The molecule has 4 nitrogen and oxygen atoms in total. The van der Waals surface area contributed by atoms with Crippen LogP contribution in [0.25, 0.3) is 11.1 Å². The Morgan fingerprint density at radius 2 is 1.14 bits per heavy atom. The van der Waals surface area contributed by atoms with Crippen molar-refractivity contribution in [1.29, 1.82) is 5.53 Å². The normalized spacial score (nSPS) is 13.4. The van der Waals surface area contributed by atoms with Gasteiger partial charge in [0.2, 0.25) is 0 Å². The second-order valence-corrected chi connectivity index (χ2v) is 7.26. The van der Waals surface area contributed by atoms with E-state index in [1.807, 2.05) is 24.3 Å². The first kappa shape index (κ1) is 17.2. The van der Waals surface area contributed by atoms with Crippen LogP contribution in [0, 0.1) is 5.53 Å². The molecule has 0 unspecified atom stereocenters. The van der Waals surface area contributed by atoms with E-state index < -0.39 is 5.41 Å². The molecule has 0 bridgehead atoms. The number of nitrogens with zero attached hydrogens (tertiary/aromatic N) is 1. The van der Waals surface area contributed by atoms with Crippen molar-refractivity contribution in [3.63, 3.8) is 0 Å². The molecule has 0 saturated carbocycles. The van der Waals surface area contributed by atoms with Crippen LogP contribution >= 0.6 is 0 Å². The summed E-state index contributed by atoms with van der Waals surface area (Å²) in [7, 11) is 0. The van der Waals surface area contributed by atoms with E-state index in [-0.39, 0.29) is 0 Å². The fourth-order valence-electron chi connectivity index (χ4n) is 4.62. The van der Waals surface area contributed by atoms with Crippen LogP contribution in [0.15, 0.2) is 102 Å². The Hall–Kier alpha value is -3.92. The number of benzene rings is 4. The first-order valence-corrected chi connectivity index (χ1v) is 9.53. The maximum absolute atomic E-state index is 7.05. The summed E-state index contributed by atoms with van der Waals surface area (Å²) in [6.45, 7) is 0.